The van der Waals surface area contributed by atoms with Crippen LogP contribution in [0.1, 0.15) is 40.6 Å². The fraction of sp³-hybridized carbons (Fsp3) is 0.583. The molecule has 7 heteroatoms. The van der Waals surface area contributed by atoms with E-state index in [0.29, 0.717) is 17.4 Å². The van der Waals surface area contributed by atoms with E-state index >= 15 is 0 Å². The number of amides is 1. The standard InChI is InChI=1S/C12H17N3O4/c1-6-9(11(18)13-4-8(17)5-16)12(19)15-10(14-6)7-2-3-7/h7-8,16-17H,2-5H2,1H3,(H,13,18)(H,14,15,19). The first kappa shape index (κ1) is 13.7. The molecule has 1 unspecified atom stereocenters. The van der Waals surface area contributed by atoms with Gasteiger partial charge in [0.1, 0.15) is 11.4 Å². The Balaban J connectivity index is 2.15. The second-order valence-corrected chi connectivity index (χ2v) is 4.73. The molecular weight excluding hydrogens is 250 g/mol. The minimum atomic E-state index is -1.04. The zero-order chi connectivity index (χ0) is 14.0. The van der Waals surface area contributed by atoms with Crippen molar-refractivity contribution in [2.45, 2.75) is 31.8 Å². The molecule has 1 aliphatic carbocycles. The van der Waals surface area contributed by atoms with Crippen LogP contribution in [-0.2, 0) is 0 Å². The van der Waals surface area contributed by atoms with Crippen LogP contribution in [0, 0.1) is 6.92 Å². The summed E-state index contributed by atoms with van der Waals surface area (Å²) < 4.78 is 0. The van der Waals surface area contributed by atoms with E-state index in [-0.39, 0.29) is 12.1 Å². The van der Waals surface area contributed by atoms with Crippen molar-refractivity contribution in [3.05, 3.63) is 27.4 Å². The molecule has 2 rings (SSSR count). The van der Waals surface area contributed by atoms with Crippen LogP contribution in [0.5, 0.6) is 0 Å². The maximum Gasteiger partial charge on any atom is 0.264 e. The number of H-pyrrole nitrogens is 1. The van der Waals surface area contributed by atoms with Gasteiger partial charge in [0.25, 0.3) is 11.5 Å². The summed E-state index contributed by atoms with van der Waals surface area (Å²) in [5, 5.41) is 20.2. The summed E-state index contributed by atoms with van der Waals surface area (Å²) in [6, 6.07) is 0. The Morgan fingerprint density at radius 3 is 2.79 bits per heavy atom. The van der Waals surface area contributed by atoms with Crippen LogP contribution in [0.15, 0.2) is 4.79 Å². The van der Waals surface area contributed by atoms with E-state index in [4.69, 9.17) is 10.2 Å². The van der Waals surface area contributed by atoms with Crippen LogP contribution in [0.4, 0.5) is 0 Å². The van der Waals surface area contributed by atoms with Gasteiger partial charge < -0.3 is 20.5 Å². The van der Waals surface area contributed by atoms with E-state index in [2.05, 4.69) is 15.3 Å². The molecule has 19 heavy (non-hydrogen) atoms. The van der Waals surface area contributed by atoms with E-state index in [1.165, 1.54) is 0 Å². The molecule has 1 aromatic rings. The van der Waals surface area contributed by atoms with Crippen molar-refractivity contribution in [2.24, 2.45) is 0 Å². The first-order valence-electron chi connectivity index (χ1n) is 6.21. The lowest BCUT2D eigenvalue weighted by atomic mass is 10.2. The molecule has 1 aliphatic rings. The minimum Gasteiger partial charge on any atom is -0.394 e. The predicted octanol–water partition coefficient (Wildman–Crippen LogP) is -0.961. The lowest BCUT2D eigenvalue weighted by Gasteiger charge is -2.10. The van der Waals surface area contributed by atoms with Gasteiger partial charge in [0, 0.05) is 12.5 Å². The summed E-state index contributed by atoms with van der Waals surface area (Å²) in [4.78, 5) is 30.6. The summed E-state index contributed by atoms with van der Waals surface area (Å²) in [5.41, 5.74) is -0.137. The molecule has 1 atom stereocenters. The highest BCUT2D eigenvalue weighted by atomic mass is 16.3. The predicted molar refractivity (Wildman–Crippen MR) is 67.0 cm³/mol. The third kappa shape index (κ3) is 3.18. The summed E-state index contributed by atoms with van der Waals surface area (Å²) in [6.45, 7) is 1.05. The van der Waals surface area contributed by atoms with Crippen molar-refractivity contribution < 1.29 is 15.0 Å². The van der Waals surface area contributed by atoms with Crippen LogP contribution in [0.25, 0.3) is 0 Å². The molecule has 104 valence electrons. The van der Waals surface area contributed by atoms with E-state index in [0.717, 1.165) is 12.8 Å². The fourth-order valence-electron chi connectivity index (χ4n) is 1.79. The summed E-state index contributed by atoms with van der Waals surface area (Å²) >= 11 is 0. The van der Waals surface area contributed by atoms with E-state index < -0.39 is 24.2 Å². The molecule has 0 radical (unpaired) electrons. The number of aromatic amines is 1. The molecule has 0 aliphatic heterocycles. The van der Waals surface area contributed by atoms with Gasteiger partial charge >= 0.3 is 0 Å². The maximum absolute atomic E-state index is 11.9. The molecule has 1 fully saturated rings. The lowest BCUT2D eigenvalue weighted by Crippen LogP contribution is -2.37. The van der Waals surface area contributed by atoms with Crippen molar-refractivity contribution in [1.29, 1.82) is 0 Å². The van der Waals surface area contributed by atoms with Gasteiger partial charge in [-0.1, -0.05) is 0 Å². The molecule has 1 heterocycles. The van der Waals surface area contributed by atoms with Crippen LogP contribution < -0.4 is 10.9 Å². The van der Waals surface area contributed by atoms with Gasteiger partial charge in [-0.3, -0.25) is 9.59 Å². The van der Waals surface area contributed by atoms with Crippen molar-refractivity contribution in [1.82, 2.24) is 15.3 Å². The SMILES string of the molecule is Cc1nc(C2CC2)[nH]c(=O)c1C(=O)NCC(O)CO. The highest BCUT2D eigenvalue weighted by molar-refractivity contribution is 5.94. The summed E-state index contributed by atoms with van der Waals surface area (Å²) in [7, 11) is 0. The molecule has 4 N–H and O–H groups in total. The minimum absolute atomic E-state index is 0.0467. The average Bonchev–Trinajstić information content (AvgIpc) is 3.19. The molecule has 7 nitrogen and oxygen atoms in total. The average molecular weight is 267 g/mol. The number of carbonyl (C=O) groups excluding carboxylic acids is 1. The second kappa shape index (κ2) is 5.50. The number of carbonyl (C=O) groups is 1. The van der Waals surface area contributed by atoms with E-state index in [9.17, 15) is 9.59 Å². The van der Waals surface area contributed by atoms with Crippen LogP contribution in [0.2, 0.25) is 0 Å². The van der Waals surface area contributed by atoms with Crippen molar-refractivity contribution in [2.75, 3.05) is 13.2 Å². The van der Waals surface area contributed by atoms with Crippen LogP contribution >= 0.6 is 0 Å². The quantitative estimate of drug-likeness (QED) is 0.548. The van der Waals surface area contributed by atoms with Crippen molar-refractivity contribution >= 4 is 5.91 Å². The van der Waals surface area contributed by atoms with Gasteiger partial charge in [0.15, 0.2) is 0 Å². The number of aryl methyl sites for hydroxylation is 1. The normalized spacial score (nSPS) is 16.2. The largest absolute Gasteiger partial charge is 0.394 e. The Bertz CT molecular complexity index is 536. The monoisotopic (exact) mass is 267 g/mol. The molecule has 0 aromatic carbocycles. The maximum atomic E-state index is 11.9. The second-order valence-electron chi connectivity index (χ2n) is 4.73. The topological polar surface area (TPSA) is 115 Å². The number of aliphatic hydroxyl groups is 2. The van der Waals surface area contributed by atoms with E-state index in [1.807, 2.05) is 0 Å². The number of aromatic nitrogens is 2. The third-order valence-corrected chi connectivity index (χ3v) is 3.02. The van der Waals surface area contributed by atoms with Crippen molar-refractivity contribution in [3.8, 4) is 0 Å². The van der Waals surface area contributed by atoms with Gasteiger partial charge in [-0.05, 0) is 19.8 Å². The molecule has 0 spiro atoms. The zero-order valence-corrected chi connectivity index (χ0v) is 10.6. The van der Waals surface area contributed by atoms with Crippen LogP contribution in [-0.4, -0.2) is 45.3 Å². The first-order chi connectivity index (χ1) is 9.02. The smallest absolute Gasteiger partial charge is 0.264 e. The van der Waals surface area contributed by atoms with Gasteiger partial charge in [0.05, 0.1) is 18.4 Å². The van der Waals surface area contributed by atoms with E-state index in [1.54, 1.807) is 6.92 Å². The molecular formula is C12H17N3O4. The zero-order valence-electron chi connectivity index (χ0n) is 10.6. The van der Waals surface area contributed by atoms with Gasteiger partial charge in [-0.2, -0.15) is 0 Å². The number of nitrogens with zero attached hydrogens (tertiary/aromatic N) is 1. The van der Waals surface area contributed by atoms with Gasteiger partial charge in [-0.15, -0.1) is 0 Å². The van der Waals surface area contributed by atoms with Gasteiger partial charge in [0.2, 0.25) is 0 Å². The Labute approximate surface area is 109 Å². The van der Waals surface area contributed by atoms with Crippen molar-refractivity contribution in [3.63, 3.8) is 0 Å². The Kier molecular flexibility index (Phi) is 3.96. The Morgan fingerprint density at radius 1 is 1.58 bits per heavy atom. The molecule has 0 saturated heterocycles. The summed E-state index contributed by atoms with van der Waals surface area (Å²) in [6.07, 6.45) is 0.981. The first-order valence-corrected chi connectivity index (χ1v) is 6.21. The number of nitrogens with one attached hydrogen (secondary N) is 2. The molecule has 1 saturated carbocycles. The Morgan fingerprint density at radius 2 is 2.26 bits per heavy atom. The fourth-order valence-corrected chi connectivity index (χ4v) is 1.79. The highest BCUT2D eigenvalue weighted by Crippen LogP contribution is 2.37. The summed E-state index contributed by atoms with van der Waals surface area (Å²) in [5.74, 6) is 0.343. The van der Waals surface area contributed by atoms with Gasteiger partial charge in [-0.25, -0.2) is 4.98 Å². The molecule has 0 bridgehead atoms. The number of aliphatic hydroxyl groups excluding tert-OH is 2. The highest BCUT2D eigenvalue weighted by Gasteiger charge is 2.28. The molecule has 1 amide bonds. The number of hydrogen-bond donors (Lipinski definition) is 4. The lowest BCUT2D eigenvalue weighted by molar-refractivity contribution is 0.0800. The number of hydrogen-bond acceptors (Lipinski definition) is 5. The Hall–Kier alpha value is -1.73. The molecule has 1 aromatic heterocycles. The number of rotatable bonds is 5. The third-order valence-electron chi connectivity index (χ3n) is 3.02. The van der Waals surface area contributed by atoms with Crippen LogP contribution in [0.3, 0.4) is 0 Å².